The number of aliphatic hydroxyl groups excluding tert-OH is 9. The highest BCUT2D eigenvalue weighted by Gasteiger charge is 2.34. The third kappa shape index (κ3) is 13.9. The number of rotatable bonds is 24. The molecule has 7 unspecified atom stereocenters. The van der Waals surface area contributed by atoms with E-state index >= 15 is 0 Å². The Morgan fingerprint density at radius 3 is 1.09 bits per heavy atom. The molecule has 0 heterocycles. The van der Waals surface area contributed by atoms with Crippen LogP contribution in [0.5, 0.6) is 23.0 Å². The summed E-state index contributed by atoms with van der Waals surface area (Å²) in [5, 5.41) is 140. The molecule has 81 heavy (non-hydrogen) atoms. The van der Waals surface area contributed by atoms with Gasteiger partial charge in [0, 0.05) is 23.9 Å². The molecule has 0 bridgehead atoms. The maximum atomic E-state index is 12.6. The van der Waals surface area contributed by atoms with Gasteiger partial charge >= 0.3 is 0 Å². The van der Waals surface area contributed by atoms with Crippen molar-refractivity contribution in [3.63, 3.8) is 0 Å². The average Bonchev–Trinajstić information content (AvgIpc) is 3.56. The lowest BCUT2D eigenvalue weighted by Gasteiger charge is -2.26. The molecule has 0 aliphatic rings. The van der Waals surface area contributed by atoms with Crippen molar-refractivity contribution in [3.8, 4) is 34.1 Å². The molecule has 0 amide bonds. The zero-order valence-electron chi connectivity index (χ0n) is 41.3. The summed E-state index contributed by atoms with van der Waals surface area (Å²) in [5.41, 5.74) is -1.90. The van der Waals surface area contributed by atoms with Crippen molar-refractivity contribution >= 4 is 96.1 Å². The van der Waals surface area contributed by atoms with Crippen LogP contribution in [0.4, 0.5) is 34.1 Å². The predicted octanol–water partition coefficient (Wildman–Crippen LogP) is 0.559. The molecule has 7 atom stereocenters. The van der Waals surface area contributed by atoms with Crippen molar-refractivity contribution in [3.05, 3.63) is 72.8 Å². The van der Waals surface area contributed by atoms with Crippen molar-refractivity contribution in [1.29, 1.82) is 0 Å². The normalized spacial score (nSPS) is 15.5. The van der Waals surface area contributed by atoms with Crippen LogP contribution in [0.2, 0.25) is 0 Å². The number of benzene rings is 6. The van der Waals surface area contributed by atoms with Crippen LogP contribution in [0.3, 0.4) is 0 Å². The molecule has 0 saturated heterocycles. The number of fused-ring (bicyclic) bond motifs is 2. The molecule has 440 valence electrons. The molecule has 32 nitrogen and oxygen atoms in total. The van der Waals surface area contributed by atoms with E-state index in [1.165, 1.54) is 50.6 Å². The zero-order valence-corrected chi connectivity index (χ0v) is 44.6. The van der Waals surface area contributed by atoms with Crippen LogP contribution >= 0.6 is 0 Å². The van der Waals surface area contributed by atoms with Gasteiger partial charge in [-0.1, -0.05) is 24.3 Å². The summed E-state index contributed by atoms with van der Waals surface area (Å²) in [6, 6.07) is 13.2. The Morgan fingerprint density at radius 1 is 0.444 bits per heavy atom. The molecule has 0 fully saturated rings. The van der Waals surface area contributed by atoms with E-state index in [1.807, 2.05) is 0 Å². The van der Waals surface area contributed by atoms with Crippen LogP contribution in [0, 0.1) is 0 Å². The molecular formula is C45H50N6O26S4. The van der Waals surface area contributed by atoms with Crippen LogP contribution < -0.4 is 20.1 Å². The van der Waals surface area contributed by atoms with Crippen LogP contribution in [-0.2, 0) is 40.5 Å². The van der Waals surface area contributed by atoms with E-state index in [4.69, 9.17) is 14.6 Å². The van der Waals surface area contributed by atoms with Crippen LogP contribution in [0.15, 0.2) is 113 Å². The highest BCUT2D eigenvalue weighted by atomic mass is 32.2. The second kappa shape index (κ2) is 24.7. The summed E-state index contributed by atoms with van der Waals surface area (Å²) >= 11 is 0. The van der Waals surface area contributed by atoms with Gasteiger partial charge in [-0.3, -0.25) is 18.2 Å². The number of nitrogens with zero attached hydrogens (tertiary/aromatic N) is 4. The largest absolute Gasteiger partial charge is 0.505 e. The van der Waals surface area contributed by atoms with E-state index in [-0.39, 0.29) is 22.9 Å². The molecule has 0 aliphatic carbocycles. The first-order valence-corrected chi connectivity index (χ1v) is 28.4. The summed E-state index contributed by atoms with van der Waals surface area (Å²) in [5.74, 6) is -2.02. The quantitative estimate of drug-likeness (QED) is 0.0224. The summed E-state index contributed by atoms with van der Waals surface area (Å²) < 4.78 is 152. The third-order valence-corrected chi connectivity index (χ3v) is 15.6. The minimum absolute atomic E-state index is 0.0189. The Labute approximate surface area is 457 Å². The Hall–Kier alpha value is -6.92. The Kier molecular flexibility index (Phi) is 19.3. The van der Waals surface area contributed by atoms with Gasteiger partial charge in [0.15, 0.2) is 17.8 Å². The summed E-state index contributed by atoms with van der Waals surface area (Å²) in [4.78, 5) is -4.84. The van der Waals surface area contributed by atoms with Gasteiger partial charge in [-0.2, -0.15) is 33.7 Å². The summed E-state index contributed by atoms with van der Waals surface area (Å²) in [7, 11) is -19.1. The highest BCUT2D eigenvalue weighted by molar-refractivity contribution is 7.87. The monoisotopic (exact) mass is 1220 g/mol. The van der Waals surface area contributed by atoms with E-state index in [2.05, 4.69) is 31.1 Å². The predicted molar refractivity (Wildman–Crippen MR) is 278 cm³/mol. The third-order valence-electron chi connectivity index (χ3n) is 12.0. The number of aromatic hydroxyl groups is 2. The summed E-state index contributed by atoms with van der Waals surface area (Å²) in [6.07, 6.45) is -17.7. The van der Waals surface area contributed by atoms with E-state index in [0.29, 0.717) is 23.3 Å². The number of methoxy groups -OCH3 is 2. The number of hydrogen-bond donors (Lipinski definition) is 18. The van der Waals surface area contributed by atoms with Crippen molar-refractivity contribution < 1.29 is 123 Å². The minimum atomic E-state index is -5.47. The smallest absolute Gasteiger partial charge is 0.296 e. The first-order chi connectivity index (χ1) is 37.6. The lowest BCUT2D eigenvalue weighted by Crippen LogP contribution is -2.48. The molecule has 0 spiro atoms. The maximum absolute atomic E-state index is 12.6. The van der Waals surface area contributed by atoms with Crippen LogP contribution in [-0.4, -0.2) is 196 Å². The maximum Gasteiger partial charge on any atom is 0.296 e. The first kappa shape index (κ1) is 63.3. The fourth-order valence-electron chi connectivity index (χ4n) is 7.92. The van der Waals surface area contributed by atoms with Gasteiger partial charge in [0.2, 0.25) is 0 Å². The zero-order chi connectivity index (χ0) is 60.4. The molecular weight excluding hydrogens is 1170 g/mol. The Morgan fingerprint density at radius 2 is 0.765 bits per heavy atom. The molecule has 18 N–H and O–H groups in total. The number of anilines is 2. The van der Waals surface area contributed by atoms with Crippen LogP contribution in [0.25, 0.3) is 32.7 Å². The minimum Gasteiger partial charge on any atom is -0.505 e. The number of phenolic OH excluding ortho intramolecular Hbond substituents is 2. The standard InChI is InChI=1S/C45H50N6O26S4/c1-76-29-11-18(3-7-22(29)48-50-24-9-5-20-31(78(64,65)66)13-33(80(70,71)72)37(35(20)39(24)56)46-15-26(53)41(58)43(60)28(55)17-52)19-4-8-23(30(12-19)77-2)49-51-25-10-6-21-32(79(67,68)69)14-34(81(73,74)75)38(36(21)40(25)57)47-16-27(54)42(59)44(61)45(62)63/h3-14,26-28,41-47,52-63H,15-17H2,1-2H3,(H,64,65,66)(H,67,68,69)(H,70,71,72)(H,73,74,75). The molecule has 0 radical (unpaired) electrons. The molecule has 6 rings (SSSR count). The average molecular weight is 1220 g/mol. The number of azo groups is 2. The van der Waals surface area contributed by atoms with E-state index in [9.17, 15) is 108 Å². The van der Waals surface area contributed by atoms with Gasteiger partial charge in [-0.05, 0) is 59.7 Å². The second-order valence-corrected chi connectivity index (χ2v) is 22.9. The van der Waals surface area contributed by atoms with Crippen molar-refractivity contribution in [2.24, 2.45) is 20.5 Å². The van der Waals surface area contributed by atoms with E-state index < -0.39 is 185 Å². The highest BCUT2D eigenvalue weighted by Crippen LogP contribution is 2.48. The number of nitrogens with one attached hydrogen (secondary N) is 2. The fourth-order valence-corrected chi connectivity index (χ4v) is 10.9. The van der Waals surface area contributed by atoms with E-state index in [1.54, 1.807) is 0 Å². The van der Waals surface area contributed by atoms with Gasteiger partial charge in [0.05, 0.1) is 55.2 Å². The molecule has 0 saturated carbocycles. The molecule has 6 aromatic carbocycles. The van der Waals surface area contributed by atoms with E-state index in [0.717, 1.165) is 24.3 Å². The van der Waals surface area contributed by atoms with Gasteiger partial charge in [0.1, 0.15) is 84.4 Å². The number of aliphatic hydroxyl groups is 10. The van der Waals surface area contributed by atoms with Gasteiger partial charge in [-0.15, -0.1) is 20.5 Å². The lowest BCUT2D eigenvalue weighted by atomic mass is 10.0. The first-order valence-electron chi connectivity index (χ1n) is 22.6. The number of hydrogen-bond acceptors (Lipinski definition) is 28. The fraction of sp³-hybridized carbons (Fsp3) is 0.289. The van der Waals surface area contributed by atoms with Gasteiger partial charge < -0.3 is 81.4 Å². The molecule has 0 aliphatic heterocycles. The number of ether oxygens (including phenoxy) is 2. The summed E-state index contributed by atoms with van der Waals surface area (Å²) in [6.45, 7) is -2.95. The van der Waals surface area contributed by atoms with Gasteiger partial charge in [-0.25, -0.2) is 0 Å². The van der Waals surface area contributed by atoms with Crippen molar-refractivity contribution in [1.82, 2.24) is 0 Å². The molecule has 6 aromatic rings. The SMILES string of the molecule is COc1cc(-c2ccc(N=Nc3ccc4c(S(=O)(=O)O)cc(S(=O)(=O)O)c(NCC(O)C(O)C(O)C(O)CO)c4c3O)c(OC)c2)ccc1N=Nc1ccc2c(S(=O)(=O)O)cc(S(=O)(=O)O)c(NCC(O)C(O)C(O)C(O)O)c2c1O. The van der Waals surface area contributed by atoms with Gasteiger partial charge in [0.25, 0.3) is 40.5 Å². The second-order valence-electron chi connectivity index (χ2n) is 17.3. The Balaban J connectivity index is 1.36. The Bertz CT molecular complexity index is 3910. The van der Waals surface area contributed by atoms with Crippen molar-refractivity contribution in [2.45, 2.75) is 68.6 Å². The topological polar surface area (TPSA) is 552 Å². The van der Waals surface area contributed by atoms with Crippen molar-refractivity contribution in [2.75, 3.05) is 44.5 Å². The molecule has 0 aromatic heterocycles. The van der Waals surface area contributed by atoms with Crippen LogP contribution in [0.1, 0.15) is 0 Å². The number of phenols is 2. The molecule has 36 heteroatoms. The lowest BCUT2D eigenvalue weighted by molar-refractivity contribution is -0.175.